The van der Waals surface area contributed by atoms with E-state index < -0.39 is 0 Å². The van der Waals surface area contributed by atoms with Crippen molar-refractivity contribution in [3.8, 4) is 0 Å². The molecule has 0 bridgehead atoms. The van der Waals surface area contributed by atoms with Gasteiger partial charge in [0.2, 0.25) is 0 Å². The Morgan fingerprint density at radius 1 is 1.53 bits per heavy atom. The maximum Gasteiger partial charge on any atom is 0.273 e. The molecule has 17 heavy (non-hydrogen) atoms. The second-order valence-corrected chi connectivity index (χ2v) is 3.46. The van der Waals surface area contributed by atoms with E-state index in [2.05, 4.69) is 15.3 Å². The van der Waals surface area contributed by atoms with Gasteiger partial charge in [-0.1, -0.05) is 23.4 Å². The molecular weight excluding hydrogens is 220 g/mol. The maximum atomic E-state index is 11.7. The molecule has 0 spiro atoms. The third-order valence-corrected chi connectivity index (χ3v) is 2.45. The molecular formula is C12H16N2O3. The molecule has 5 nitrogen and oxygen atoms in total. The van der Waals surface area contributed by atoms with E-state index in [9.17, 15) is 9.90 Å². The van der Waals surface area contributed by atoms with Crippen LogP contribution in [0.15, 0.2) is 23.4 Å². The van der Waals surface area contributed by atoms with Gasteiger partial charge in [0.1, 0.15) is 7.11 Å². The van der Waals surface area contributed by atoms with Crippen molar-refractivity contribution in [2.24, 2.45) is 5.16 Å². The summed E-state index contributed by atoms with van der Waals surface area (Å²) in [5, 5.41) is 15.5. The number of likely N-dealkylation sites (N-methyl/N-ethyl adjacent to an activating group) is 1. The van der Waals surface area contributed by atoms with Gasteiger partial charge in [-0.25, -0.2) is 0 Å². The number of amides is 1. The number of rotatable bonds is 4. The summed E-state index contributed by atoms with van der Waals surface area (Å²) >= 11 is 0. The second kappa shape index (κ2) is 6.00. The number of benzene rings is 1. The number of hydrogen-bond acceptors (Lipinski definition) is 4. The molecule has 1 rings (SSSR count). The van der Waals surface area contributed by atoms with Crippen LogP contribution in [0.2, 0.25) is 0 Å². The first-order chi connectivity index (χ1) is 8.15. The molecule has 0 saturated heterocycles. The van der Waals surface area contributed by atoms with Crippen LogP contribution in [0.4, 0.5) is 0 Å². The Bertz CT molecular complexity index is 441. The summed E-state index contributed by atoms with van der Waals surface area (Å²) < 4.78 is 0. The van der Waals surface area contributed by atoms with E-state index in [4.69, 9.17) is 0 Å². The van der Waals surface area contributed by atoms with E-state index in [0.717, 1.165) is 5.56 Å². The normalized spacial score (nSPS) is 11.2. The van der Waals surface area contributed by atoms with Gasteiger partial charge in [-0.3, -0.25) is 4.79 Å². The minimum atomic E-state index is -0.354. The molecule has 0 heterocycles. The van der Waals surface area contributed by atoms with Crippen LogP contribution in [-0.2, 0) is 16.2 Å². The zero-order valence-electron chi connectivity index (χ0n) is 10.2. The number of carbonyl (C=O) groups excluding carboxylic acids is 1. The van der Waals surface area contributed by atoms with Gasteiger partial charge in [-0.2, -0.15) is 0 Å². The number of aliphatic hydroxyl groups is 1. The lowest BCUT2D eigenvalue weighted by Crippen LogP contribution is -2.29. The van der Waals surface area contributed by atoms with E-state index in [1.165, 1.54) is 14.2 Å². The summed E-state index contributed by atoms with van der Waals surface area (Å²) in [5.74, 6) is -0.354. The van der Waals surface area contributed by atoms with Crippen LogP contribution in [0.5, 0.6) is 0 Å². The third-order valence-electron chi connectivity index (χ3n) is 2.45. The van der Waals surface area contributed by atoms with Crippen molar-refractivity contribution in [3.05, 3.63) is 34.9 Å². The Balaban J connectivity index is 3.33. The first kappa shape index (κ1) is 13.2. The van der Waals surface area contributed by atoms with Crippen molar-refractivity contribution in [2.45, 2.75) is 13.5 Å². The Hall–Kier alpha value is -1.88. The fourth-order valence-electron chi connectivity index (χ4n) is 1.56. The predicted molar refractivity (Wildman–Crippen MR) is 64.7 cm³/mol. The number of nitrogens with zero attached hydrogens (tertiary/aromatic N) is 1. The van der Waals surface area contributed by atoms with Gasteiger partial charge in [0.15, 0.2) is 5.71 Å². The summed E-state index contributed by atoms with van der Waals surface area (Å²) in [7, 11) is 2.89. The van der Waals surface area contributed by atoms with E-state index in [1.54, 1.807) is 12.1 Å². The van der Waals surface area contributed by atoms with E-state index in [0.29, 0.717) is 11.1 Å². The van der Waals surface area contributed by atoms with Crippen LogP contribution in [0.25, 0.3) is 0 Å². The fraction of sp³-hybridized carbons (Fsp3) is 0.333. The topological polar surface area (TPSA) is 70.9 Å². The number of oxime groups is 1. The molecule has 0 fully saturated rings. The van der Waals surface area contributed by atoms with Gasteiger partial charge >= 0.3 is 0 Å². The first-order valence-electron chi connectivity index (χ1n) is 5.18. The average molecular weight is 236 g/mol. The van der Waals surface area contributed by atoms with Crippen LogP contribution >= 0.6 is 0 Å². The monoisotopic (exact) mass is 236 g/mol. The highest BCUT2D eigenvalue weighted by Crippen LogP contribution is 2.15. The maximum absolute atomic E-state index is 11.7. The largest absolute Gasteiger partial charge is 0.398 e. The number of aryl methyl sites for hydroxylation is 1. The Morgan fingerprint density at radius 2 is 2.24 bits per heavy atom. The zero-order chi connectivity index (χ0) is 12.8. The Kier molecular flexibility index (Phi) is 4.66. The van der Waals surface area contributed by atoms with Crippen LogP contribution < -0.4 is 5.32 Å². The molecule has 0 aliphatic carbocycles. The van der Waals surface area contributed by atoms with Crippen molar-refractivity contribution in [3.63, 3.8) is 0 Å². The summed E-state index contributed by atoms with van der Waals surface area (Å²) in [4.78, 5) is 16.3. The highest BCUT2D eigenvalue weighted by molar-refractivity contribution is 6.45. The van der Waals surface area contributed by atoms with Gasteiger partial charge in [0.05, 0.1) is 6.61 Å². The van der Waals surface area contributed by atoms with E-state index >= 15 is 0 Å². The summed E-state index contributed by atoms with van der Waals surface area (Å²) in [5.41, 5.74) is 2.31. The van der Waals surface area contributed by atoms with E-state index in [1.807, 2.05) is 13.0 Å². The van der Waals surface area contributed by atoms with Gasteiger partial charge in [-0.05, 0) is 18.1 Å². The van der Waals surface area contributed by atoms with Crippen molar-refractivity contribution < 1.29 is 14.7 Å². The number of aliphatic hydroxyl groups excluding tert-OH is 1. The lowest BCUT2D eigenvalue weighted by Gasteiger charge is -2.11. The predicted octanol–water partition coefficient (Wildman–Crippen LogP) is 0.584. The van der Waals surface area contributed by atoms with Crippen molar-refractivity contribution in [1.82, 2.24) is 5.32 Å². The zero-order valence-corrected chi connectivity index (χ0v) is 10.2. The van der Waals surface area contributed by atoms with Crippen LogP contribution in [0, 0.1) is 6.92 Å². The highest BCUT2D eigenvalue weighted by Gasteiger charge is 2.17. The molecule has 1 amide bonds. The van der Waals surface area contributed by atoms with E-state index in [-0.39, 0.29) is 18.2 Å². The minimum Gasteiger partial charge on any atom is -0.398 e. The quantitative estimate of drug-likeness (QED) is 0.593. The number of carbonyl (C=O) groups is 1. The molecule has 0 aromatic heterocycles. The molecule has 0 atom stereocenters. The standard InChI is InChI=1S/C12H16N2O3/c1-8-5-4-6-9(10(8)7-15)11(14-17-3)12(16)13-2/h4-6,15H,7H2,1-3H3,(H,13,16)/b14-11+. The molecule has 0 unspecified atom stereocenters. The minimum absolute atomic E-state index is 0.151. The summed E-state index contributed by atoms with van der Waals surface area (Å²) in [6.45, 7) is 1.71. The van der Waals surface area contributed by atoms with Gasteiger partial charge in [0.25, 0.3) is 5.91 Å². The van der Waals surface area contributed by atoms with Crippen molar-refractivity contribution in [1.29, 1.82) is 0 Å². The first-order valence-corrected chi connectivity index (χ1v) is 5.18. The third kappa shape index (κ3) is 2.82. The molecule has 0 aliphatic rings. The number of nitrogens with one attached hydrogen (secondary N) is 1. The SMILES string of the molecule is CNC(=O)/C(=N/OC)c1cccc(C)c1CO. The van der Waals surface area contributed by atoms with Crippen molar-refractivity contribution in [2.75, 3.05) is 14.2 Å². The van der Waals surface area contributed by atoms with Gasteiger partial charge in [0, 0.05) is 12.6 Å². The second-order valence-electron chi connectivity index (χ2n) is 3.46. The summed E-state index contributed by atoms with van der Waals surface area (Å²) in [6.07, 6.45) is 0. The molecule has 2 N–H and O–H groups in total. The molecule has 5 heteroatoms. The molecule has 1 aromatic rings. The van der Waals surface area contributed by atoms with Gasteiger partial charge in [-0.15, -0.1) is 0 Å². The summed E-state index contributed by atoms with van der Waals surface area (Å²) in [6, 6.07) is 5.40. The molecule has 0 aliphatic heterocycles. The number of hydrogen-bond donors (Lipinski definition) is 2. The van der Waals surface area contributed by atoms with Crippen molar-refractivity contribution >= 4 is 11.6 Å². The highest BCUT2D eigenvalue weighted by atomic mass is 16.6. The smallest absolute Gasteiger partial charge is 0.273 e. The molecule has 1 aromatic carbocycles. The van der Waals surface area contributed by atoms with Crippen LogP contribution in [0.1, 0.15) is 16.7 Å². The molecule has 0 saturated carbocycles. The van der Waals surface area contributed by atoms with Crippen LogP contribution in [0.3, 0.4) is 0 Å². The van der Waals surface area contributed by atoms with Crippen LogP contribution in [-0.4, -0.2) is 30.9 Å². The Labute approximate surface area is 100 Å². The molecule has 92 valence electrons. The lowest BCUT2D eigenvalue weighted by molar-refractivity contribution is -0.114. The Morgan fingerprint density at radius 3 is 2.76 bits per heavy atom. The molecule has 0 radical (unpaired) electrons. The average Bonchev–Trinajstić information content (AvgIpc) is 2.34. The van der Waals surface area contributed by atoms with Gasteiger partial charge < -0.3 is 15.3 Å². The lowest BCUT2D eigenvalue weighted by atomic mass is 9.98. The fourth-order valence-corrected chi connectivity index (χ4v) is 1.56.